The number of aryl methyl sites for hydroxylation is 2. The van der Waals surface area contributed by atoms with Gasteiger partial charge in [0.15, 0.2) is 5.65 Å². The van der Waals surface area contributed by atoms with E-state index in [0.717, 1.165) is 36.1 Å². The normalized spacial score (nSPS) is 20.4. The zero-order chi connectivity index (χ0) is 15.9. The van der Waals surface area contributed by atoms with Gasteiger partial charge in [-0.2, -0.15) is 5.10 Å². The molecule has 3 heterocycles. The molecular weight excluding hydrogens is 349 g/mol. The number of hydrogen-bond acceptors (Lipinski definition) is 4. The molecule has 134 valence electrons. The molecule has 0 bridgehead atoms. The van der Waals surface area contributed by atoms with Crippen LogP contribution in [0.25, 0.3) is 11.0 Å². The van der Waals surface area contributed by atoms with Gasteiger partial charge in [0.2, 0.25) is 0 Å². The van der Waals surface area contributed by atoms with Crippen LogP contribution in [0.1, 0.15) is 35.8 Å². The van der Waals surface area contributed by atoms with E-state index in [4.69, 9.17) is 5.73 Å². The zero-order valence-corrected chi connectivity index (χ0v) is 15.9. The van der Waals surface area contributed by atoms with Gasteiger partial charge in [0.25, 0.3) is 5.91 Å². The fraction of sp³-hybridized carbons (Fsp3) is 0.562. The second-order valence-corrected chi connectivity index (χ2v) is 6.32. The van der Waals surface area contributed by atoms with Crippen LogP contribution in [-0.2, 0) is 7.05 Å². The van der Waals surface area contributed by atoms with Gasteiger partial charge in [-0.15, -0.1) is 24.8 Å². The summed E-state index contributed by atoms with van der Waals surface area (Å²) in [6.45, 7) is 5.43. The Kier molecular flexibility index (Phi) is 7.01. The molecule has 1 amide bonds. The smallest absolute Gasteiger partial charge is 0.255 e. The second kappa shape index (κ2) is 8.14. The van der Waals surface area contributed by atoms with Crippen molar-refractivity contribution >= 4 is 41.8 Å². The number of hydrogen-bond donors (Lipinski definition) is 1. The number of likely N-dealkylation sites (tertiary alicyclic amines) is 1. The molecule has 2 aromatic rings. The number of halogens is 2. The molecule has 6 nitrogen and oxygen atoms in total. The molecule has 1 aliphatic rings. The Labute approximate surface area is 154 Å². The van der Waals surface area contributed by atoms with Gasteiger partial charge in [-0.05, 0) is 31.7 Å². The number of carbonyl (C=O) groups excluding carboxylic acids is 1. The zero-order valence-electron chi connectivity index (χ0n) is 14.2. The van der Waals surface area contributed by atoms with Crippen molar-refractivity contribution in [2.24, 2.45) is 18.7 Å². The summed E-state index contributed by atoms with van der Waals surface area (Å²) < 4.78 is 1.74. The van der Waals surface area contributed by atoms with E-state index in [1.165, 1.54) is 0 Å². The molecule has 24 heavy (non-hydrogen) atoms. The third-order valence-corrected chi connectivity index (χ3v) is 4.62. The first-order chi connectivity index (χ1) is 10.5. The van der Waals surface area contributed by atoms with Crippen LogP contribution in [0.15, 0.2) is 12.3 Å². The Bertz CT molecular complexity index is 718. The molecule has 8 heteroatoms. The number of aromatic nitrogens is 3. The summed E-state index contributed by atoms with van der Waals surface area (Å²) in [6, 6.07) is 2.03. The monoisotopic (exact) mass is 373 g/mol. The molecule has 2 atom stereocenters. The predicted molar refractivity (Wildman–Crippen MR) is 100 cm³/mol. The maximum atomic E-state index is 12.8. The molecule has 0 aliphatic carbocycles. The third-order valence-electron chi connectivity index (χ3n) is 4.62. The first kappa shape index (κ1) is 20.7. The Morgan fingerprint density at radius 2 is 2.12 bits per heavy atom. The lowest BCUT2D eigenvalue weighted by Crippen LogP contribution is -2.49. The van der Waals surface area contributed by atoms with E-state index >= 15 is 0 Å². The highest BCUT2D eigenvalue weighted by molar-refractivity contribution is 5.97. The number of nitrogens with zero attached hydrogens (tertiary/aromatic N) is 4. The average molecular weight is 374 g/mol. The number of pyridine rings is 1. The second-order valence-electron chi connectivity index (χ2n) is 6.32. The van der Waals surface area contributed by atoms with Crippen molar-refractivity contribution in [2.75, 3.05) is 13.1 Å². The number of carbonyl (C=O) groups is 1. The van der Waals surface area contributed by atoms with Gasteiger partial charge in [-0.25, -0.2) is 4.98 Å². The van der Waals surface area contributed by atoms with Crippen LogP contribution < -0.4 is 5.73 Å². The SMILES string of the molecule is Cc1nn(C)c2ncc(C(=O)N3CCC(C)CC3CN)cc12.Cl.Cl. The molecule has 0 saturated carbocycles. The first-order valence-electron chi connectivity index (χ1n) is 7.81. The van der Waals surface area contributed by atoms with Crippen molar-refractivity contribution in [2.45, 2.75) is 32.7 Å². The van der Waals surface area contributed by atoms with E-state index in [9.17, 15) is 4.79 Å². The molecule has 1 fully saturated rings. The quantitative estimate of drug-likeness (QED) is 0.875. The fourth-order valence-electron chi connectivity index (χ4n) is 3.33. The van der Waals surface area contributed by atoms with Crippen LogP contribution in [0.4, 0.5) is 0 Å². The predicted octanol–water partition coefficient (Wildman–Crippen LogP) is 2.32. The van der Waals surface area contributed by atoms with Crippen molar-refractivity contribution in [1.29, 1.82) is 0 Å². The summed E-state index contributed by atoms with van der Waals surface area (Å²) in [5, 5.41) is 5.29. The maximum Gasteiger partial charge on any atom is 0.255 e. The van der Waals surface area contributed by atoms with Crippen LogP contribution in [0, 0.1) is 12.8 Å². The molecule has 0 radical (unpaired) electrons. The average Bonchev–Trinajstić information content (AvgIpc) is 2.80. The molecule has 2 unspecified atom stereocenters. The van der Waals surface area contributed by atoms with Gasteiger partial charge < -0.3 is 10.6 Å². The van der Waals surface area contributed by atoms with Crippen LogP contribution in [0.3, 0.4) is 0 Å². The van der Waals surface area contributed by atoms with Crippen molar-refractivity contribution in [1.82, 2.24) is 19.7 Å². The van der Waals surface area contributed by atoms with Gasteiger partial charge in [0.1, 0.15) is 0 Å². The van der Waals surface area contributed by atoms with Gasteiger partial charge >= 0.3 is 0 Å². The summed E-state index contributed by atoms with van der Waals surface area (Å²) in [5.41, 5.74) is 8.18. The van der Waals surface area contributed by atoms with Crippen molar-refractivity contribution in [3.8, 4) is 0 Å². The Morgan fingerprint density at radius 3 is 2.79 bits per heavy atom. The highest BCUT2D eigenvalue weighted by Crippen LogP contribution is 2.24. The molecule has 3 rings (SSSR count). The Hall–Kier alpha value is -1.37. The minimum atomic E-state index is 0. The molecule has 2 aromatic heterocycles. The van der Waals surface area contributed by atoms with E-state index in [-0.39, 0.29) is 36.8 Å². The van der Waals surface area contributed by atoms with Crippen LogP contribution in [0.2, 0.25) is 0 Å². The van der Waals surface area contributed by atoms with Gasteiger partial charge in [0, 0.05) is 37.8 Å². The minimum absolute atomic E-state index is 0. The van der Waals surface area contributed by atoms with Crippen LogP contribution >= 0.6 is 24.8 Å². The number of amides is 1. The topological polar surface area (TPSA) is 77.0 Å². The summed E-state index contributed by atoms with van der Waals surface area (Å²) in [5.74, 6) is 0.652. The van der Waals surface area contributed by atoms with Gasteiger partial charge in [-0.1, -0.05) is 6.92 Å². The lowest BCUT2D eigenvalue weighted by molar-refractivity contribution is 0.0573. The standard InChI is InChI=1S/C16H23N5O.2ClH/c1-10-4-5-21(13(6-10)8-17)16(22)12-7-14-11(2)19-20(3)15(14)18-9-12;;/h7,9-10,13H,4-6,8,17H2,1-3H3;2*1H. The maximum absolute atomic E-state index is 12.8. The molecule has 0 spiro atoms. The van der Waals surface area contributed by atoms with E-state index in [0.29, 0.717) is 18.0 Å². The Balaban J connectivity index is 0.00000144. The van der Waals surface area contributed by atoms with Crippen LogP contribution in [0.5, 0.6) is 0 Å². The molecule has 1 aliphatic heterocycles. The third kappa shape index (κ3) is 3.66. The molecule has 2 N–H and O–H groups in total. The highest BCUT2D eigenvalue weighted by atomic mass is 35.5. The molecule has 0 aromatic carbocycles. The Morgan fingerprint density at radius 1 is 1.42 bits per heavy atom. The molecular formula is C16H25Cl2N5O. The summed E-state index contributed by atoms with van der Waals surface area (Å²) >= 11 is 0. The van der Waals surface area contributed by atoms with Crippen molar-refractivity contribution in [3.63, 3.8) is 0 Å². The van der Waals surface area contributed by atoms with E-state index < -0.39 is 0 Å². The van der Waals surface area contributed by atoms with Crippen LogP contribution in [-0.4, -0.2) is 44.7 Å². The lowest BCUT2D eigenvalue weighted by Gasteiger charge is -2.38. The van der Waals surface area contributed by atoms with Gasteiger partial charge in [-0.3, -0.25) is 9.48 Å². The number of nitrogens with two attached hydrogens (primary N) is 1. The summed E-state index contributed by atoms with van der Waals surface area (Å²) in [6.07, 6.45) is 3.66. The lowest BCUT2D eigenvalue weighted by atomic mass is 9.92. The van der Waals surface area contributed by atoms with E-state index in [1.54, 1.807) is 10.9 Å². The number of fused-ring (bicyclic) bond motifs is 1. The van der Waals surface area contributed by atoms with E-state index in [2.05, 4.69) is 17.0 Å². The molecule has 1 saturated heterocycles. The van der Waals surface area contributed by atoms with Crippen molar-refractivity contribution in [3.05, 3.63) is 23.5 Å². The van der Waals surface area contributed by atoms with E-state index in [1.807, 2.05) is 24.9 Å². The van der Waals surface area contributed by atoms with Crippen molar-refractivity contribution < 1.29 is 4.79 Å². The highest BCUT2D eigenvalue weighted by Gasteiger charge is 2.29. The number of piperidine rings is 1. The number of rotatable bonds is 2. The summed E-state index contributed by atoms with van der Waals surface area (Å²) in [4.78, 5) is 19.2. The summed E-state index contributed by atoms with van der Waals surface area (Å²) in [7, 11) is 1.86. The minimum Gasteiger partial charge on any atom is -0.334 e. The first-order valence-corrected chi connectivity index (χ1v) is 7.81. The van der Waals surface area contributed by atoms with Gasteiger partial charge in [0.05, 0.1) is 11.3 Å². The fourth-order valence-corrected chi connectivity index (χ4v) is 3.33. The largest absolute Gasteiger partial charge is 0.334 e.